The van der Waals surface area contributed by atoms with Crippen LogP contribution >= 0.6 is 0 Å². The molecule has 0 saturated carbocycles. The van der Waals surface area contributed by atoms with E-state index >= 15 is 0 Å². The van der Waals surface area contributed by atoms with Crippen molar-refractivity contribution in [2.75, 3.05) is 11.9 Å². The molecule has 2 aromatic heterocycles. The van der Waals surface area contributed by atoms with E-state index in [0.717, 1.165) is 16.5 Å². The summed E-state index contributed by atoms with van der Waals surface area (Å²) in [5.41, 5.74) is 2.70. The Hall–Kier alpha value is -3.99. The van der Waals surface area contributed by atoms with Gasteiger partial charge in [0, 0.05) is 17.5 Å². The van der Waals surface area contributed by atoms with Crippen molar-refractivity contribution >= 4 is 28.4 Å². The molecule has 28 heavy (non-hydrogen) atoms. The van der Waals surface area contributed by atoms with E-state index in [1.54, 1.807) is 22.7 Å². The van der Waals surface area contributed by atoms with Crippen molar-refractivity contribution in [3.8, 4) is 17.5 Å². The van der Waals surface area contributed by atoms with Crippen molar-refractivity contribution in [2.45, 2.75) is 12.5 Å². The Morgan fingerprint density at radius 1 is 1.18 bits per heavy atom. The zero-order valence-electron chi connectivity index (χ0n) is 14.8. The highest BCUT2D eigenvalue weighted by molar-refractivity contribution is 5.93. The normalized spacial score (nSPS) is 16.2. The van der Waals surface area contributed by atoms with E-state index in [1.807, 2.05) is 30.3 Å². The highest BCUT2D eigenvalue weighted by Crippen LogP contribution is 2.25. The first-order valence-electron chi connectivity index (χ1n) is 8.93. The SMILES string of the molecule is N#Cc1cccc(-c2nc3c4ccccc4nc(N[C@@H]4CCNC4=O)n3n2)c1. The number of rotatable bonds is 3. The van der Waals surface area contributed by atoms with Gasteiger partial charge in [0.2, 0.25) is 11.9 Å². The van der Waals surface area contributed by atoms with E-state index in [4.69, 9.17) is 10.2 Å². The Bertz CT molecular complexity index is 1270. The lowest BCUT2D eigenvalue weighted by atomic mass is 10.1. The minimum Gasteiger partial charge on any atom is -0.354 e. The van der Waals surface area contributed by atoms with Crippen molar-refractivity contribution in [3.63, 3.8) is 0 Å². The summed E-state index contributed by atoms with van der Waals surface area (Å²) in [7, 11) is 0. The lowest BCUT2D eigenvalue weighted by Crippen LogP contribution is -2.30. The summed E-state index contributed by atoms with van der Waals surface area (Å²) in [5, 5.41) is 20.7. The number of carbonyl (C=O) groups excluding carboxylic acids is 1. The Morgan fingerprint density at radius 3 is 2.89 bits per heavy atom. The van der Waals surface area contributed by atoms with Crippen molar-refractivity contribution in [1.29, 1.82) is 5.26 Å². The van der Waals surface area contributed by atoms with Crippen LogP contribution in [0.5, 0.6) is 0 Å². The van der Waals surface area contributed by atoms with Crippen LogP contribution in [-0.2, 0) is 4.79 Å². The molecule has 1 fully saturated rings. The molecule has 0 unspecified atom stereocenters. The molecule has 8 heteroatoms. The molecule has 1 saturated heterocycles. The molecule has 0 radical (unpaired) electrons. The number of amides is 1. The number of nitrogens with one attached hydrogen (secondary N) is 2. The quantitative estimate of drug-likeness (QED) is 0.573. The summed E-state index contributed by atoms with van der Waals surface area (Å²) in [6.07, 6.45) is 0.681. The third-order valence-electron chi connectivity index (χ3n) is 4.78. The third-order valence-corrected chi connectivity index (χ3v) is 4.78. The van der Waals surface area contributed by atoms with E-state index in [0.29, 0.717) is 35.9 Å². The molecule has 8 nitrogen and oxygen atoms in total. The molecular formula is C20H15N7O. The Balaban J connectivity index is 1.71. The second kappa shape index (κ2) is 6.32. The van der Waals surface area contributed by atoms with Crippen molar-refractivity contribution < 1.29 is 4.79 Å². The lowest BCUT2D eigenvalue weighted by molar-refractivity contribution is -0.119. The fraction of sp³-hybridized carbons (Fsp3) is 0.150. The van der Waals surface area contributed by atoms with Gasteiger partial charge in [0.1, 0.15) is 6.04 Å². The van der Waals surface area contributed by atoms with Crippen LogP contribution in [0.1, 0.15) is 12.0 Å². The van der Waals surface area contributed by atoms with Gasteiger partial charge >= 0.3 is 0 Å². The van der Waals surface area contributed by atoms with Gasteiger partial charge in [-0.15, -0.1) is 5.10 Å². The van der Waals surface area contributed by atoms with Gasteiger partial charge in [0.15, 0.2) is 11.5 Å². The third kappa shape index (κ3) is 2.61. The number of para-hydroxylation sites is 1. The number of nitrogens with zero attached hydrogens (tertiary/aromatic N) is 5. The summed E-state index contributed by atoms with van der Waals surface area (Å²) < 4.78 is 1.63. The van der Waals surface area contributed by atoms with E-state index in [9.17, 15) is 4.79 Å². The van der Waals surface area contributed by atoms with Crippen molar-refractivity contribution in [2.24, 2.45) is 0 Å². The monoisotopic (exact) mass is 369 g/mol. The van der Waals surface area contributed by atoms with Crippen molar-refractivity contribution in [1.82, 2.24) is 24.9 Å². The molecule has 1 atom stereocenters. The number of fused-ring (bicyclic) bond motifs is 3. The maximum Gasteiger partial charge on any atom is 0.242 e. The van der Waals surface area contributed by atoms with Gasteiger partial charge in [0.25, 0.3) is 0 Å². The smallest absolute Gasteiger partial charge is 0.242 e. The lowest BCUT2D eigenvalue weighted by Gasteiger charge is -2.12. The summed E-state index contributed by atoms with van der Waals surface area (Å²) in [5.74, 6) is 0.908. The number of benzene rings is 2. The second-order valence-electron chi connectivity index (χ2n) is 6.59. The molecule has 1 aliphatic heterocycles. The number of anilines is 1. The highest BCUT2D eigenvalue weighted by Gasteiger charge is 2.26. The van der Waals surface area contributed by atoms with Gasteiger partial charge in [-0.25, -0.2) is 9.97 Å². The van der Waals surface area contributed by atoms with E-state index in [2.05, 4.69) is 26.8 Å². The minimum atomic E-state index is -0.355. The zero-order valence-corrected chi connectivity index (χ0v) is 14.8. The average molecular weight is 369 g/mol. The van der Waals surface area contributed by atoms with Crippen LogP contribution in [-0.4, -0.2) is 38.1 Å². The molecule has 136 valence electrons. The molecule has 1 amide bonds. The molecule has 0 aliphatic carbocycles. The van der Waals surface area contributed by atoms with Crippen molar-refractivity contribution in [3.05, 3.63) is 54.1 Å². The highest BCUT2D eigenvalue weighted by atomic mass is 16.2. The maximum absolute atomic E-state index is 12.0. The van der Waals surface area contributed by atoms with Crippen LogP contribution in [0, 0.1) is 11.3 Å². The molecule has 2 aromatic carbocycles. The van der Waals surface area contributed by atoms with Crippen LogP contribution in [0.15, 0.2) is 48.5 Å². The zero-order chi connectivity index (χ0) is 19.1. The Kier molecular flexibility index (Phi) is 3.66. The summed E-state index contributed by atoms with van der Waals surface area (Å²) in [4.78, 5) is 21.4. The number of aromatic nitrogens is 4. The number of hydrogen-bond donors (Lipinski definition) is 2. The van der Waals surface area contributed by atoms with Gasteiger partial charge < -0.3 is 10.6 Å². The maximum atomic E-state index is 12.0. The first-order valence-corrected chi connectivity index (χ1v) is 8.93. The molecule has 3 heterocycles. The predicted molar refractivity (Wildman–Crippen MR) is 103 cm³/mol. The van der Waals surface area contributed by atoms with Gasteiger partial charge in [-0.1, -0.05) is 24.3 Å². The average Bonchev–Trinajstić information content (AvgIpc) is 3.35. The standard InChI is InChI=1S/C20H15N7O/c21-11-12-4-3-5-13(10-12)17-25-18-14-6-1-2-7-15(14)23-20(27(18)26-17)24-16-8-9-22-19(16)28/h1-7,10,16H,8-9H2,(H,22,28)(H,23,24)/t16-/m1/s1. The van der Waals surface area contributed by atoms with Crippen LogP contribution in [0.4, 0.5) is 5.95 Å². The fourth-order valence-electron chi connectivity index (χ4n) is 3.39. The number of carbonyl (C=O) groups is 1. The molecule has 0 bridgehead atoms. The fourth-order valence-corrected chi connectivity index (χ4v) is 3.39. The topological polar surface area (TPSA) is 108 Å². The molecule has 5 rings (SSSR count). The van der Waals surface area contributed by atoms with Crippen LogP contribution in [0.2, 0.25) is 0 Å². The summed E-state index contributed by atoms with van der Waals surface area (Å²) >= 11 is 0. The Morgan fingerprint density at radius 2 is 2.07 bits per heavy atom. The Labute approximate surface area is 159 Å². The molecule has 1 aliphatic rings. The van der Waals surface area contributed by atoms with Crippen LogP contribution < -0.4 is 10.6 Å². The van der Waals surface area contributed by atoms with E-state index in [1.165, 1.54) is 0 Å². The minimum absolute atomic E-state index is 0.0508. The second-order valence-corrected chi connectivity index (χ2v) is 6.59. The molecular weight excluding hydrogens is 354 g/mol. The van der Waals surface area contributed by atoms with Gasteiger partial charge in [-0.05, 0) is 30.7 Å². The predicted octanol–water partition coefficient (Wildman–Crippen LogP) is 2.12. The van der Waals surface area contributed by atoms with Crippen LogP contribution in [0.3, 0.4) is 0 Å². The number of nitriles is 1. The van der Waals surface area contributed by atoms with E-state index < -0.39 is 0 Å². The first kappa shape index (κ1) is 16.2. The van der Waals surface area contributed by atoms with Gasteiger partial charge in [-0.3, -0.25) is 4.79 Å². The van der Waals surface area contributed by atoms with E-state index in [-0.39, 0.29) is 11.9 Å². The largest absolute Gasteiger partial charge is 0.354 e. The molecule has 0 spiro atoms. The van der Waals surface area contributed by atoms with Crippen LogP contribution in [0.25, 0.3) is 27.9 Å². The molecule has 4 aromatic rings. The van der Waals surface area contributed by atoms with Gasteiger partial charge in [0.05, 0.1) is 17.1 Å². The summed E-state index contributed by atoms with van der Waals surface area (Å²) in [6.45, 7) is 0.636. The number of hydrogen-bond acceptors (Lipinski definition) is 6. The molecule has 2 N–H and O–H groups in total. The first-order chi connectivity index (χ1) is 13.7. The summed E-state index contributed by atoms with van der Waals surface area (Å²) in [6, 6.07) is 16.6. The van der Waals surface area contributed by atoms with Gasteiger partial charge in [-0.2, -0.15) is 9.78 Å².